The molecule has 0 aromatic carbocycles. The molecule has 0 aliphatic carbocycles. The van der Waals surface area contributed by atoms with Crippen molar-refractivity contribution in [3.05, 3.63) is 47.5 Å². The van der Waals surface area contributed by atoms with Gasteiger partial charge in [-0.2, -0.15) is 5.10 Å². The van der Waals surface area contributed by atoms with Gasteiger partial charge in [0.2, 0.25) is 0 Å². The van der Waals surface area contributed by atoms with Crippen molar-refractivity contribution in [1.29, 1.82) is 5.41 Å². The van der Waals surface area contributed by atoms with Crippen LogP contribution in [0.3, 0.4) is 0 Å². The Morgan fingerprint density at radius 1 is 1.50 bits per heavy atom. The van der Waals surface area contributed by atoms with Crippen molar-refractivity contribution in [3.8, 4) is 0 Å². The van der Waals surface area contributed by atoms with E-state index in [0.29, 0.717) is 12.2 Å². The Morgan fingerprint density at radius 3 is 2.94 bits per heavy atom. The van der Waals surface area contributed by atoms with Gasteiger partial charge in [-0.15, -0.1) is 0 Å². The maximum atomic E-state index is 7.43. The number of nitrogen functional groups attached to an aromatic ring is 1. The third-order valence-corrected chi connectivity index (χ3v) is 2.25. The van der Waals surface area contributed by atoms with Crippen molar-refractivity contribution in [2.45, 2.75) is 13.5 Å². The summed E-state index contributed by atoms with van der Waals surface area (Å²) in [5.41, 5.74) is 7.86. The van der Waals surface area contributed by atoms with Crippen LogP contribution in [0.15, 0.2) is 30.6 Å². The van der Waals surface area contributed by atoms with Crippen LogP contribution in [-0.4, -0.2) is 20.6 Å². The van der Waals surface area contributed by atoms with Gasteiger partial charge in [-0.25, -0.2) is 0 Å². The maximum absolute atomic E-state index is 7.43. The van der Waals surface area contributed by atoms with Crippen LogP contribution in [0.2, 0.25) is 0 Å². The molecule has 2 heterocycles. The number of aromatic nitrogens is 3. The molecule has 82 valence electrons. The minimum absolute atomic E-state index is 0.0144. The van der Waals surface area contributed by atoms with Gasteiger partial charge in [0.1, 0.15) is 11.5 Å². The monoisotopic (exact) mass is 215 g/mol. The van der Waals surface area contributed by atoms with Crippen molar-refractivity contribution < 1.29 is 0 Å². The molecule has 5 nitrogen and oxygen atoms in total. The molecule has 0 bridgehead atoms. The van der Waals surface area contributed by atoms with Crippen LogP contribution in [0.1, 0.15) is 17.0 Å². The van der Waals surface area contributed by atoms with Crippen LogP contribution in [0.25, 0.3) is 0 Å². The van der Waals surface area contributed by atoms with Gasteiger partial charge in [0, 0.05) is 18.0 Å². The highest BCUT2D eigenvalue weighted by atomic mass is 15.3. The van der Waals surface area contributed by atoms with Gasteiger partial charge < -0.3 is 5.73 Å². The summed E-state index contributed by atoms with van der Waals surface area (Å²) >= 11 is 0. The van der Waals surface area contributed by atoms with Crippen LogP contribution in [0.4, 0.5) is 0 Å². The van der Waals surface area contributed by atoms with Crippen molar-refractivity contribution in [1.82, 2.24) is 14.8 Å². The predicted molar refractivity (Wildman–Crippen MR) is 61.3 cm³/mol. The minimum atomic E-state index is -0.0144. The van der Waals surface area contributed by atoms with E-state index in [4.69, 9.17) is 11.1 Å². The van der Waals surface area contributed by atoms with Gasteiger partial charge in [0.05, 0.1) is 12.2 Å². The summed E-state index contributed by atoms with van der Waals surface area (Å²) < 4.78 is 1.80. The molecular formula is C11H13N5. The molecule has 0 fully saturated rings. The molecule has 5 heteroatoms. The molecule has 0 saturated heterocycles. The zero-order valence-electron chi connectivity index (χ0n) is 9.01. The first-order chi connectivity index (χ1) is 7.66. The van der Waals surface area contributed by atoms with Crippen LogP contribution < -0.4 is 5.73 Å². The Balaban J connectivity index is 2.31. The summed E-state index contributed by atoms with van der Waals surface area (Å²) in [6.07, 6.45) is 3.53. The number of rotatable bonds is 3. The van der Waals surface area contributed by atoms with Crippen LogP contribution >= 0.6 is 0 Å². The Kier molecular flexibility index (Phi) is 2.68. The number of nitrogens with zero attached hydrogens (tertiary/aromatic N) is 3. The van der Waals surface area contributed by atoms with Gasteiger partial charge in [-0.05, 0) is 19.1 Å². The van der Waals surface area contributed by atoms with Crippen molar-refractivity contribution in [3.63, 3.8) is 0 Å². The molecule has 2 aromatic heterocycles. The highest BCUT2D eigenvalue weighted by Crippen LogP contribution is 2.07. The third kappa shape index (κ3) is 2.08. The van der Waals surface area contributed by atoms with Crippen LogP contribution in [-0.2, 0) is 6.54 Å². The fraction of sp³-hybridized carbons (Fsp3) is 0.182. The molecule has 2 rings (SSSR count). The van der Waals surface area contributed by atoms with Crippen LogP contribution in [0, 0.1) is 12.3 Å². The molecule has 0 radical (unpaired) electrons. The van der Waals surface area contributed by atoms with E-state index in [0.717, 1.165) is 11.3 Å². The lowest BCUT2D eigenvalue weighted by atomic mass is 10.2. The first kappa shape index (κ1) is 10.4. The summed E-state index contributed by atoms with van der Waals surface area (Å²) in [5.74, 6) is -0.0144. The fourth-order valence-electron chi connectivity index (χ4n) is 1.53. The fourth-order valence-corrected chi connectivity index (χ4v) is 1.53. The van der Waals surface area contributed by atoms with E-state index in [-0.39, 0.29) is 5.84 Å². The first-order valence-corrected chi connectivity index (χ1v) is 4.95. The maximum Gasteiger partial charge on any atom is 0.142 e. The second kappa shape index (κ2) is 4.14. The molecule has 2 aromatic rings. The van der Waals surface area contributed by atoms with Gasteiger partial charge in [-0.1, -0.05) is 6.07 Å². The Morgan fingerprint density at radius 2 is 2.31 bits per heavy atom. The normalized spacial score (nSPS) is 10.3. The number of pyridine rings is 1. The SMILES string of the molecule is Cc1ccn(Cc2cccnc2C(=N)N)n1. The molecule has 3 N–H and O–H groups in total. The number of aryl methyl sites for hydroxylation is 1. The molecule has 0 aliphatic rings. The number of hydrogen-bond donors (Lipinski definition) is 2. The van der Waals surface area contributed by atoms with Crippen molar-refractivity contribution in [2.24, 2.45) is 5.73 Å². The quantitative estimate of drug-likeness (QED) is 0.590. The molecule has 0 saturated carbocycles. The van der Waals surface area contributed by atoms with E-state index in [1.165, 1.54) is 0 Å². The number of nitrogens with one attached hydrogen (secondary N) is 1. The summed E-state index contributed by atoms with van der Waals surface area (Å²) in [4.78, 5) is 4.09. The molecule has 0 spiro atoms. The molecule has 16 heavy (non-hydrogen) atoms. The largest absolute Gasteiger partial charge is 0.382 e. The highest BCUT2D eigenvalue weighted by Gasteiger charge is 2.06. The van der Waals surface area contributed by atoms with Gasteiger partial charge in [0.25, 0.3) is 0 Å². The van der Waals surface area contributed by atoms with E-state index in [1.807, 2.05) is 31.3 Å². The zero-order valence-corrected chi connectivity index (χ0v) is 9.01. The van der Waals surface area contributed by atoms with Crippen molar-refractivity contribution in [2.75, 3.05) is 0 Å². The zero-order chi connectivity index (χ0) is 11.5. The molecule has 0 unspecified atom stereocenters. The number of amidine groups is 1. The van der Waals surface area contributed by atoms with E-state index < -0.39 is 0 Å². The first-order valence-electron chi connectivity index (χ1n) is 4.95. The third-order valence-electron chi connectivity index (χ3n) is 2.25. The molecule has 0 aliphatic heterocycles. The van der Waals surface area contributed by atoms with E-state index >= 15 is 0 Å². The average molecular weight is 215 g/mol. The summed E-state index contributed by atoms with van der Waals surface area (Å²) in [7, 11) is 0. The van der Waals surface area contributed by atoms with E-state index in [2.05, 4.69) is 10.1 Å². The summed E-state index contributed by atoms with van der Waals surface area (Å²) in [6.45, 7) is 2.52. The van der Waals surface area contributed by atoms with E-state index in [9.17, 15) is 0 Å². The van der Waals surface area contributed by atoms with E-state index in [1.54, 1.807) is 10.9 Å². The summed E-state index contributed by atoms with van der Waals surface area (Å²) in [6, 6.07) is 5.67. The van der Waals surface area contributed by atoms with Gasteiger partial charge >= 0.3 is 0 Å². The lowest BCUT2D eigenvalue weighted by Gasteiger charge is -2.06. The standard InChI is InChI=1S/C11H13N5/c1-8-4-6-16(15-8)7-9-3-2-5-14-10(9)11(12)13/h2-6H,7H2,1H3,(H3,12,13). The molecule has 0 amide bonds. The smallest absolute Gasteiger partial charge is 0.142 e. The van der Waals surface area contributed by atoms with Gasteiger partial charge in [0.15, 0.2) is 0 Å². The Labute approximate surface area is 93.4 Å². The second-order valence-electron chi connectivity index (χ2n) is 3.58. The second-order valence-corrected chi connectivity index (χ2v) is 3.58. The molecular weight excluding hydrogens is 202 g/mol. The molecule has 0 atom stereocenters. The lowest BCUT2D eigenvalue weighted by Crippen LogP contribution is -2.17. The Bertz CT molecular complexity index is 515. The predicted octanol–water partition coefficient (Wildman–Crippen LogP) is 0.919. The number of hydrogen-bond acceptors (Lipinski definition) is 3. The van der Waals surface area contributed by atoms with Crippen LogP contribution in [0.5, 0.6) is 0 Å². The van der Waals surface area contributed by atoms with Crippen molar-refractivity contribution >= 4 is 5.84 Å². The topological polar surface area (TPSA) is 80.6 Å². The highest BCUT2D eigenvalue weighted by molar-refractivity contribution is 5.94. The average Bonchev–Trinajstić information content (AvgIpc) is 2.64. The van der Waals surface area contributed by atoms with Gasteiger partial charge in [-0.3, -0.25) is 15.1 Å². The minimum Gasteiger partial charge on any atom is -0.382 e. The Hall–Kier alpha value is -2.17. The number of nitrogens with two attached hydrogens (primary N) is 1. The lowest BCUT2D eigenvalue weighted by molar-refractivity contribution is 0.676. The summed E-state index contributed by atoms with van der Waals surface area (Å²) in [5, 5.41) is 11.7.